The lowest BCUT2D eigenvalue weighted by atomic mass is 10.0. The number of carboxylic acid groups (broad SMARTS) is 1. The maximum Gasteiger partial charge on any atom is 0.327 e. The first-order valence-electron chi connectivity index (χ1n) is 10.9. The van der Waals surface area contributed by atoms with E-state index in [9.17, 15) is 24.3 Å². The van der Waals surface area contributed by atoms with E-state index in [1.807, 2.05) is 30.5 Å². The number of carbonyl (C=O) groups is 4. The van der Waals surface area contributed by atoms with E-state index >= 15 is 0 Å². The largest absolute Gasteiger partial charge is 0.480 e. The van der Waals surface area contributed by atoms with E-state index in [0.717, 1.165) is 16.5 Å². The zero-order valence-electron chi connectivity index (χ0n) is 19.2. The van der Waals surface area contributed by atoms with Gasteiger partial charge in [-0.1, -0.05) is 18.2 Å². The average Bonchev–Trinajstić information content (AvgIpc) is 3.25. The van der Waals surface area contributed by atoms with Crippen molar-refractivity contribution in [3.63, 3.8) is 0 Å². The molecule has 0 aliphatic rings. The molecular formula is C22H31N5O6S2. The number of hydrogen-bond donors (Lipinski definition) is 8. The van der Waals surface area contributed by atoms with Crippen LogP contribution in [0.15, 0.2) is 30.5 Å². The number of thiol groups is 1. The second kappa shape index (κ2) is 14.0. The number of carboxylic acids is 1. The van der Waals surface area contributed by atoms with E-state index in [1.54, 1.807) is 6.20 Å². The lowest BCUT2D eigenvalue weighted by Crippen LogP contribution is -2.58. The number of fused-ring (bicyclic) bond motifs is 1. The molecule has 35 heavy (non-hydrogen) atoms. The van der Waals surface area contributed by atoms with Crippen LogP contribution in [0.4, 0.5) is 0 Å². The maximum atomic E-state index is 12.7. The summed E-state index contributed by atoms with van der Waals surface area (Å²) in [5.74, 6) is -3.02. The van der Waals surface area contributed by atoms with Crippen LogP contribution in [-0.4, -0.2) is 87.4 Å². The third kappa shape index (κ3) is 8.16. The van der Waals surface area contributed by atoms with E-state index in [-0.39, 0.29) is 18.6 Å². The Morgan fingerprint density at radius 3 is 2.31 bits per heavy atom. The first-order chi connectivity index (χ1) is 16.7. The number of amides is 3. The highest BCUT2D eigenvalue weighted by Crippen LogP contribution is 2.18. The molecule has 4 unspecified atom stereocenters. The van der Waals surface area contributed by atoms with Gasteiger partial charge in [0.15, 0.2) is 0 Å². The molecule has 3 amide bonds. The molecule has 0 aliphatic heterocycles. The van der Waals surface area contributed by atoms with Crippen molar-refractivity contribution in [2.75, 3.05) is 24.4 Å². The zero-order chi connectivity index (χ0) is 26.0. The molecule has 0 bridgehead atoms. The van der Waals surface area contributed by atoms with Crippen molar-refractivity contribution in [2.45, 2.75) is 37.0 Å². The zero-order valence-corrected chi connectivity index (χ0v) is 20.9. The molecule has 4 atom stereocenters. The number of nitrogens with two attached hydrogens (primary N) is 1. The summed E-state index contributed by atoms with van der Waals surface area (Å²) >= 11 is 5.35. The third-order valence-corrected chi connectivity index (χ3v) is 6.32. The number of aliphatic carboxylic acids is 1. The Labute approximate surface area is 212 Å². The van der Waals surface area contributed by atoms with Gasteiger partial charge in [-0.05, 0) is 36.5 Å². The number of H-pyrrole nitrogens is 1. The third-order valence-electron chi connectivity index (χ3n) is 5.31. The van der Waals surface area contributed by atoms with Crippen LogP contribution < -0.4 is 21.7 Å². The summed E-state index contributed by atoms with van der Waals surface area (Å²) in [6.07, 6.45) is 3.99. The number of hydrogen-bond acceptors (Lipinski definition) is 8. The lowest BCUT2D eigenvalue weighted by molar-refractivity contribution is -0.141. The molecule has 0 saturated heterocycles. The molecule has 0 saturated carbocycles. The Hall–Kier alpha value is -2.74. The highest BCUT2D eigenvalue weighted by molar-refractivity contribution is 7.98. The number of aliphatic hydroxyl groups excluding tert-OH is 1. The van der Waals surface area contributed by atoms with Crippen LogP contribution in [0.5, 0.6) is 0 Å². The Balaban J connectivity index is 2.01. The van der Waals surface area contributed by atoms with Crippen molar-refractivity contribution in [3.8, 4) is 0 Å². The predicted molar refractivity (Wildman–Crippen MR) is 137 cm³/mol. The van der Waals surface area contributed by atoms with Gasteiger partial charge in [0.2, 0.25) is 17.7 Å². The van der Waals surface area contributed by atoms with Gasteiger partial charge >= 0.3 is 5.97 Å². The number of thioether (sulfide) groups is 1. The lowest BCUT2D eigenvalue weighted by Gasteiger charge is -2.24. The second-order valence-electron chi connectivity index (χ2n) is 7.84. The summed E-state index contributed by atoms with van der Waals surface area (Å²) in [7, 11) is 0. The van der Waals surface area contributed by atoms with Crippen molar-refractivity contribution < 1.29 is 29.4 Å². The summed E-state index contributed by atoms with van der Waals surface area (Å²) in [5, 5.41) is 27.0. The van der Waals surface area contributed by atoms with Crippen molar-refractivity contribution in [3.05, 3.63) is 36.0 Å². The number of aliphatic hydroxyl groups is 1. The molecule has 0 radical (unpaired) electrons. The minimum atomic E-state index is -1.35. The SMILES string of the molecule is CSCCC(NC(=O)C(CO)NC(=O)C(N)Cc1c[nH]c2ccccc12)C(=O)NC(CS)C(=O)O. The molecule has 11 nitrogen and oxygen atoms in total. The Morgan fingerprint density at radius 1 is 1.06 bits per heavy atom. The summed E-state index contributed by atoms with van der Waals surface area (Å²) in [5.41, 5.74) is 7.78. The topological polar surface area (TPSA) is 187 Å². The van der Waals surface area contributed by atoms with Crippen molar-refractivity contribution in [1.82, 2.24) is 20.9 Å². The monoisotopic (exact) mass is 525 g/mol. The summed E-state index contributed by atoms with van der Waals surface area (Å²) in [6.45, 7) is -0.720. The molecule has 192 valence electrons. The van der Waals surface area contributed by atoms with E-state index in [2.05, 4.69) is 33.6 Å². The van der Waals surface area contributed by atoms with Crippen LogP contribution in [0.2, 0.25) is 0 Å². The Morgan fingerprint density at radius 2 is 1.69 bits per heavy atom. The smallest absolute Gasteiger partial charge is 0.327 e. The minimum absolute atomic E-state index is 0.131. The number of rotatable bonds is 14. The molecule has 2 aromatic rings. The van der Waals surface area contributed by atoms with Gasteiger partial charge in [0.05, 0.1) is 12.6 Å². The number of para-hydroxylation sites is 1. The highest BCUT2D eigenvalue weighted by atomic mass is 32.2. The molecule has 2 rings (SSSR count). The molecule has 1 aromatic carbocycles. The van der Waals surface area contributed by atoms with Gasteiger partial charge in [0.25, 0.3) is 0 Å². The first-order valence-corrected chi connectivity index (χ1v) is 12.9. The van der Waals surface area contributed by atoms with Gasteiger partial charge in [-0.15, -0.1) is 0 Å². The standard InChI is InChI=1S/C22H31N5O6S2/c1-35-7-6-16(20(30)27-18(11-34)22(32)33)25-21(31)17(10-28)26-19(29)14(23)8-12-9-24-15-5-3-2-4-13(12)15/h2-5,9,14,16-18,24,28,34H,6-8,10-11,23H2,1H3,(H,25,31)(H,26,29)(H,27,30)(H,32,33). The van der Waals surface area contributed by atoms with Crippen LogP contribution in [0.25, 0.3) is 10.9 Å². The van der Waals surface area contributed by atoms with E-state index in [0.29, 0.717) is 5.75 Å². The van der Waals surface area contributed by atoms with Crippen molar-refractivity contribution >= 4 is 59.0 Å². The molecule has 1 aromatic heterocycles. The number of aromatic nitrogens is 1. The Kier molecular flexibility index (Phi) is 11.4. The first kappa shape index (κ1) is 28.5. The van der Waals surface area contributed by atoms with Gasteiger partial charge in [-0.3, -0.25) is 14.4 Å². The molecule has 1 heterocycles. The van der Waals surface area contributed by atoms with Crippen molar-refractivity contribution in [1.29, 1.82) is 0 Å². The van der Waals surface area contributed by atoms with Crippen molar-refractivity contribution in [2.24, 2.45) is 5.73 Å². The summed E-state index contributed by atoms with van der Waals surface area (Å²) < 4.78 is 0. The minimum Gasteiger partial charge on any atom is -0.480 e. The number of nitrogens with one attached hydrogen (secondary N) is 4. The normalized spacial score (nSPS) is 14.5. The van der Waals surface area contributed by atoms with Crippen LogP contribution >= 0.6 is 24.4 Å². The van der Waals surface area contributed by atoms with Crippen LogP contribution in [0, 0.1) is 0 Å². The number of benzene rings is 1. The van der Waals surface area contributed by atoms with Crippen LogP contribution in [0.1, 0.15) is 12.0 Å². The summed E-state index contributed by atoms with van der Waals surface area (Å²) in [6, 6.07) is 2.92. The van der Waals surface area contributed by atoms with Gasteiger partial charge < -0.3 is 36.9 Å². The fourth-order valence-electron chi connectivity index (χ4n) is 3.34. The number of aromatic amines is 1. The molecule has 0 spiro atoms. The van der Waals surface area contributed by atoms with Gasteiger partial charge in [-0.2, -0.15) is 24.4 Å². The Bertz CT molecular complexity index is 1030. The molecular weight excluding hydrogens is 494 g/mol. The van der Waals surface area contributed by atoms with Gasteiger partial charge in [0, 0.05) is 22.9 Å². The highest BCUT2D eigenvalue weighted by Gasteiger charge is 2.29. The molecule has 0 fully saturated rings. The van der Waals surface area contributed by atoms with E-state index < -0.39 is 54.5 Å². The molecule has 13 heteroatoms. The van der Waals surface area contributed by atoms with Crippen LogP contribution in [0.3, 0.4) is 0 Å². The summed E-state index contributed by atoms with van der Waals surface area (Å²) in [4.78, 5) is 52.3. The average molecular weight is 526 g/mol. The quantitative estimate of drug-likeness (QED) is 0.148. The van der Waals surface area contributed by atoms with Gasteiger partial charge in [0.1, 0.15) is 18.1 Å². The maximum absolute atomic E-state index is 12.7. The number of carbonyl (C=O) groups excluding carboxylic acids is 3. The fourth-order valence-corrected chi connectivity index (χ4v) is 4.06. The molecule has 0 aliphatic carbocycles. The van der Waals surface area contributed by atoms with Gasteiger partial charge in [-0.25, -0.2) is 4.79 Å². The predicted octanol–water partition coefficient (Wildman–Crippen LogP) is -0.748. The van der Waals surface area contributed by atoms with E-state index in [4.69, 9.17) is 10.8 Å². The fraction of sp³-hybridized carbons (Fsp3) is 0.455. The second-order valence-corrected chi connectivity index (χ2v) is 9.19. The van der Waals surface area contributed by atoms with E-state index in [1.165, 1.54) is 11.8 Å². The molecule has 8 N–H and O–H groups in total. The van der Waals surface area contributed by atoms with Crippen LogP contribution in [-0.2, 0) is 25.6 Å².